The van der Waals surface area contributed by atoms with Crippen LogP contribution < -0.4 is 77.4 Å². The molecule has 80 heavy (non-hydrogen) atoms. The highest BCUT2D eigenvalue weighted by Crippen LogP contribution is 2.21. The van der Waals surface area contributed by atoms with E-state index in [0.29, 0.717) is 42.7 Å². The Hall–Kier alpha value is -8.05. The van der Waals surface area contributed by atoms with Gasteiger partial charge in [-0.15, -0.1) is 0 Å². The largest absolute Gasteiger partial charge is 0.508 e. The van der Waals surface area contributed by atoms with Crippen molar-refractivity contribution in [2.45, 2.75) is 132 Å². The van der Waals surface area contributed by atoms with Gasteiger partial charge in [-0.25, -0.2) is 0 Å². The second-order valence-electron chi connectivity index (χ2n) is 19.1. The van der Waals surface area contributed by atoms with Crippen LogP contribution in [-0.4, -0.2) is 167 Å². The van der Waals surface area contributed by atoms with Gasteiger partial charge in [-0.1, -0.05) is 48.9 Å². The molecular weight excluding hydrogens is 1060 g/mol. The summed E-state index contributed by atoms with van der Waals surface area (Å²) in [4.78, 5) is 153. The number of carbonyl (C=O) groups is 11. The molecule has 440 valence electrons. The zero-order valence-corrected chi connectivity index (χ0v) is 45.6. The fourth-order valence-corrected chi connectivity index (χ4v) is 8.92. The molecule has 0 bridgehead atoms. The van der Waals surface area contributed by atoms with Crippen molar-refractivity contribution < 1.29 is 57.8 Å². The Bertz CT molecular complexity index is 2470. The van der Waals surface area contributed by atoms with Crippen LogP contribution in [0.3, 0.4) is 0 Å². The van der Waals surface area contributed by atoms with E-state index in [1.165, 1.54) is 40.9 Å². The standard InChI is InChI=1S/C51H78N16O12S/c1-80-24-20-35(50(79)67-23-8-13-39(67)49(78)62-33(12-7-22-59-51(57)58)44(73)60-28-42(56)71)63-48(77)38(27-41(55)70)66-45(74)34(18-19-40(54)69)61-46(75)37(25-29-9-3-2-4-10-29)65-47(76)36(26-30-14-16-31(68)17-15-30)64-43(72)32(53)11-5-6-21-52/h2-4,9-10,14-17,32-39,68H,5-8,11-13,18-28,52-53H2,1H3,(H2,54,69)(H2,55,70)(H2,56,71)(H,60,73)(H,61,75)(H,62,78)(H,63,77)(H,64,72)(H,65,76)(H,66,74)(H4,57,58,59)/t32-,33-,34-,35-,36-,37-,38-,39-/m0/s1. The minimum Gasteiger partial charge on any atom is -0.508 e. The number of nitrogens with two attached hydrogens (primary N) is 7. The van der Waals surface area contributed by atoms with Gasteiger partial charge in [0.15, 0.2) is 5.96 Å². The first-order chi connectivity index (χ1) is 38.0. The molecule has 11 amide bonds. The van der Waals surface area contributed by atoms with E-state index in [2.05, 4.69) is 42.2 Å². The number of aromatic hydroxyl groups is 1. The van der Waals surface area contributed by atoms with Gasteiger partial charge in [0.2, 0.25) is 65.0 Å². The molecule has 0 spiro atoms. The van der Waals surface area contributed by atoms with Crippen molar-refractivity contribution in [1.29, 1.82) is 0 Å². The van der Waals surface area contributed by atoms with Gasteiger partial charge < -0.3 is 87.4 Å². The number of nitrogens with one attached hydrogen (secondary N) is 7. The van der Waals surface area contributed by atoms with Gasteiger partial charge in [0, 0.05) is 32.4 Å². The van der Waals surface area contributed by atoms with Crippen molar-refractivity contribution in [3.8, 4) is 5.75 Å². The molecule has 2 aromatic carbocycles. The van der Waals surface area contributed by atoms with E-state index in [0.717, 1.165) is 0 Å². The number of rotatable bonds is 36. The summed E-state index contributed by atoms with van der Waals surface area (Å²) in [7, 11) is 0. The number of phenols is 1. The lowest BCUT2D eigenvalue weighted by molar-refractivity contribution is -0.142. The fraction of sp³-hybridized carbons (Fsp3) is 0.529. The van der Waals surface area contributed by atoms with Gasteiger partial charge in [0.1, 0.15) is 48.0 Å². The molecule has 0 unspecified atom stereocenters. The van der Waals surface area contributed by atoms with Crippen molar-refractivity contribution >= 4 is 82.7 Å². The van der Waals surface area contributed by atoms with E-state index in [1.807, 2.05) is 0 Å². The molecular formula is C51H78N16O12S. The molecule has 28 nitrogen and oxygen atoms in total. The third-order valence-electron chi connectivity index (χ3n) is 12.7. The molecule has 1 saturated heterocycles. The average Bonchev–Trinajstić information content (AvgIpc) is 3.91. The van der Waals surface area contributed by atoms with Gasteiger partial charge in [-0.2, -0.15) is 11.8 Å². The number of amides is 11. The molecule has 29 heteroatoms. The minimum absolute atomic E-state index is 0.00362. The first kappa shape index (κ1) is 66.2. The Morgan fingerprint density at radius 1 is 0.625 bits per heavy atom. The number of guanidine groups is 1. The third-order valence-corrected chi connectivity index (χ3v) is 13.3. The first-order valence-electron chi connectivity index (χ1n) is 26.1. The van der Waals surface area contributed by atoms with Crippen LogP contribution >= 0.6 is 11.8 Å². The van der Waals surface area contributed by atoms with Crippen molar-refractivity contribution in [1.82, 2.24) is 42.1 Å². The molecule has 0 saturated carbocycles. The van der Waals surface area contributed by atoms with Crippen LogP contribution in [0.2, 0.25) is 0 Å². The molecule has 1 aliphatic heterocycles. The zero-order chi connectivity index (χ0) is 59.3. The van der Waals surface area contributed by atoms with Crippen LogP contribution in [0.1, 0.15) is 81.8 Å². The summed E-state index contributed by atoms with van der Waals surface area (Å²) in [5.41, 5.74) is 39.9. The molecule has 22 N–H and O–H groups in total. The van der Waals surface area contributed by atoms with E-state index in [1.54, 1.807) is 36.6 Å². The predicted octanol–water partition coefficient (Wildman–Crippen LogP) is -4.92. The summed E-state index contributed by atoms with van der Waals surface area (Å²) in [6.07, 6.45) is 1.95. The van der Waals surface area contributed by atoms with Crippen molar-refractivity contribution in [2.75, 3.05) is 38.2 Å². The predicted molar refractivity (Wildman–Crippen MR) is 297 cm³/mol. The molecule has 1 heterocycles. The van der Waals surface area contributed by atoms with Crippen LogP contribution in [0.15, 0.2) is 59.6 Å². The minimum atomic E-state index is -1.78. The molecule has 1 aliphatic rings. The van der Waals surface area contributed by atoms with E-state index in [-0.39, 0.29) is 69.7 Å². The Morgan fingerprint density at radius 2 is 1.19 bits per heavy atom. The number of hydrogen-bond donors (Lipinski definition) is 15. The molecule has 0 aliphatic carbocycles. The highest BCUT2D eigenvalue weighted by Gasteiger charge is 2.40. The second-order valence-corrected chi connectivity index (χ2v) is 20.1. The van der Waals surface area contributed by atoms with Crippen molar-refractivity contribution in [2.24, 2.45) is 45.1 Å². The SMILES string of the molecule is CSCC[C@H](NC(=O)[C@H](CC(N)=O)NC(=O)[C@H](CCC(N)=O)NC(=O)[C@H](Cc1ccccc1)NC(=O)[C@H](Cc1ccc(O)cc1)NC(=O)[C@@H](N)CCCCN)C(=O)N1CCC[C@H]1C(=O)N[C@@H](CCCN=C(N)N)C(=O)NCC(N)=O. The van der Waals surface area contributed by atoms with E-state index in [4.69, 9.17) is 40.1 Å². The highest BCUT2D eigenvalue weighted by molar-refractivity contribution is 7.98. The number of phenolic OH excluding ortho intramolecular Hbond substituents is 1. The summed E-state index contributed by atoms with van der Waals surface area (Å²) in [5, 5.41) is 27.8. The summed E-state index contributed by atoms with van der Waals surface area (Å²) < 4.78 is 0. The van der Waals surface area contributed by atoms with Crippen LogP contribution in [0.5, 0.6) is 5.75 Å². The molecule has 0 aromatic heterocycles. The maximum absolute atomic E-state index is 14.4. The van der Waals surface area contributed by atoms with Crippen LogP contribution in [0.4, 0.5) is 0 Å². The lowest BCUT2D eigenvalue weighted by Crippen LogP contribution is -2.61. The van der Waals surface area contributed by atoms with Gasteiger partial charge in [0.25, 0.3) is 0 Å². The number of carbonyl (C=O) groups excluding carboxylic acids is 11. The topological polar surface area (TPSA) is 490 Å². The highest BCUT2D eigenvalue weighted by atomic mass is 32.2. The number of unbranched alkanes of at least 4 members (excludes halogenated alkanes) is 1. The second kappa shape index (κ2) is 34.8. The first-order valence-corrected chi connectivity index (χ1v) is 27.5. The summed E-state index contributed by atoms with van der Waals surface area (Å²) in [6, 6.07) is 3.44. The summed E-state index contributed by atoms with van der Waals surface area (Å²) in [6.45, 7) is 0.0458. The number of primary amides is 3. The zero-order valence-electron chi connectivity index (χ0n) is 44.8. The van der Waals surface area contributed by atoms with Crippen LogP contribution in [-0.2, 0) is 65.6 Å². The lowest BCUT2D eigenvalue weighted by Gasteiger charge is -2.31. The van der Waals surface area contributed by atoms with Crippen LogP contribution in [0.25, 0.3) is 0 Å². The quantitative estimate of drug-likeness (QED) is 0.0173. The Balaban J connectivity index is 1.91. The maximum Gasteiger partial charge on any atom is 0.245 e. The summed E-state index contributed by atoms with van der Waals surface area (Å²) in [5.74, 6) is -9.43. The van der Waals surface area contributed by atoms with Gasteiger partial charge >= 0.3 is 0 Å². The molecule has 3 rings (SSSR count). The Labute approximate surface area is 467 Å². The third kappa shape index (κ3) is 23.9. The molecule has 8 atom stereocenters. The van der Waals surface area contributed by atoms with E-state index < -0.39 is 139 Å². The van der Waals surface area contributed by atoms with Crippen molar-refractivity contribution in [3.05, 3.63) is 65.7 Å². The average molecular weight is 1140 g/mol. The van der Waals surface area contributed by atoms with Gasteiger partial charge in [-0.3, -0.25) is 57.7 Å². The summed E-state index contributed by atoms with van der Waals surface area (Å²) >= 11 is 1.33. The fourth-order valence-electron chi connectivity index (χ4n) is 8.44. The van der Waals surface area contributed by atoms with E-state index >= 15 is 0 Å². The van der Waals surface area contributed by atoms with Gasteiger partial charge in [0.05, 0.1) is 19.0 Å². The maximum atomic E-state index is 14.4. The Kier molecular flexibility index (Phi) is 28.8. The van der Waals surface area contributed by atoms with Crippen LogP contribution in [0, 0.1) is 0 Å². The molecule has 1 fully saturated rings. The lowest BCUT2D eigenvalue weighted by atomic mass is 10.0. The number of nitrogens with zero attached hydrogens (tertiary/aromatic N) is 2. The smallest absolute Gasteiger partial charge is 0.245 e. The number of likely N-dealkylation sites (tertiary alicyclic amines) is 1. The van der Waals surface area contributed by atoms with E-state index in [9.17, 15) is 57.8 Å². The van der Waals surface area contributed by atoms with Crippen molar-refractivity contribution in [3.63, 3.8) is 0 Å². The number of thioether (sulfide) groups is 1. The number of benzene rings is 2. The number of hydrogen-bond acceptors (Lipinski definition) is 16. The normalized spacial score (nSPS) is 15.4. The Morgan fingerprint density at radius 3 is 1.77 bits per heavy atom. The molecule has 2 aromatic rings. The monoisotopic (exact) mass is 1140 g/mol. The molecule has 0 radical (unpaired) electrons. The number of aliphatic imine (C=N–C) groups is 1. The van der Waals surface area contributed by atoms with Gasteiger partial charge in [-0.05, 0) is 93.2 Å².